The maximum Gasteiger partial charge on any atom is 0.217 e. The Bertz CT molecular complexity index is 1390. The Kier molecular flexibility index (Phi) is 8.67. The second-order valence-corrected chi connectivity index (χ2v) is 10.5. The first-order valence-electron chi connectivity index (χ1n) is 12.8. The van der Waals surface area contributed by atoms with Crippen LogP contribution < -0.4 is 5.32 Å². The number of ether oxygens (including phenoxy) is 2. The SMILES string of the molecule is CC(=O)NCc1cccc(-c2ccc(C3OC(CSc4nnnn4C)CC(c4ccc(CO)cc4)O3)cc2)c1. The molecule has 0 bridgehead atoms. The topological polar surface area (TPSA) is 111 Å². The Labute approximate surface area is 231 Å². The third-order valence-electron chi connectivity index (χ3n) is 6.58. The molecule has 10 heteroatoms. The van der Waals surface area contributed by atoms with Crippen molar-refractivity contribution < 1.29 is 19.4 Å². The van der Waals surface area contributed by atoms with Gasteiger partial charge in [-0.1, -0.05) is 78.5 Å². The molecule has 2 heterocycles. The average molecular weight is 546 g/mol. The number of nitrogens with one attached hydrogen (secondary N) is 1. The fraction of sp³-hybridized carbons (Fsp3) is 0.310. The summed E-state index contributed by atoms with van der Waals surface area (Å²) in [5.41, 5.74) is 6.02. The van der Waals surface area contributed by atoms with Gasteiger partial charge in [-0.3, -0.25) is 4.79 Å². The summed E-state index contributed by atoms with van der Waals surface area (Å²) in [5, 5.41) is 24.7. The van der Waals surface area contributed by atoms with Crippen molar-refractivity contribution in [2.24, 2.45) is 7.05 Å². The average Bonchev–Trinajstić information content (AvgIpc) is 3.39. The first kappa shape index (κ1) is 27.0. The molecular formula is C29H31N5O4S. The minimum Gasteiger partial charge on any atom is -0.392 e. The summed E-state index contributed by atoms with van der Waals surface area (Å²) >= 11 is 1.55. The first-order valence-corrected chi connectivity index (χ1v) is 13.8. The van der Waals surface area contributed by atoms with Crippen LogP contribution in [0.2, 0.25) is 0 Å². The highest BCUT2D eigenvalue weighted by molar-refractivity contribution is 7.99. The van der Waals surface area contributed by atoms with Gasteiger partial charge in [0.25, 0.3) is 0 Å². The lowest BCUT2D eigenvalue weighted by Crippen LogP contribution is -2.31. The van der Waals surface area contributed by atoms with Crippen molar-refractivity contribution in [2.75, 3.05) is 5.75 Å². The number of hydrogen-bond acceptors (Lipinski definition) is 8. The van der Waals surface area contributed by atoms with E-state index in [-0.39, 0.29) is 24.7 Å². The molecule has 3 unspecified atom stereocenters. The van der Waals surface area contributed by atoms with E-state index >= 15 is 0 Å². The predicted molar refractivity (Wildman–Crippen MR) is 147 cm³/mol. The molecule has 2 N–H and O–H groups in total. The van der Waals surface area contributed by atoms with Crippen molar-refractivity contribution in [3.63, 3.8) is 0 Å². The third kappa shape index (κ3) is 6.90. The molecule has 0 aliphatic carbocycles. The second kappa shape index (κ2) is 12.5. The van der Waals surface area contributed by atoms with Gasteiger partial charge in [-0.15, -0.1) is 5.10 Å². The number of carbonyl (C=O) groups is 1. The van der Waals surface area contributed by atoms with Gasteiger partial charge in [0, 0.05) is 38.3 Å². The van der Waals surface area contributed by atoms with E-state index in [0.717, 1.165) is 38.5 Å². The molecule has 1 aromatic heterocycles. The molecule has 1 fully saturated rings. The predicted octanol–water partition coefficient (Wildman–Crippen LogP) is 4.34. The monoisotopic (exact) mass is 545 g/mol. The van der Waals surface area contributed by atoms with Gasteiger partial charge >= 0.3 is 0 Å². The molecule has 202 valence electrons. The molecule has 1 aliphatic rings. The van der Waals surface area contributed by atoms with E-state index in [2.05, 4.69) is 45.1 Å². The Morgan fingerprint density at radius 3 is 2.49 bits per heavy atom. The number of aliphatic hydroxyl groups excluding tert-OH is 1. The summed E-state index contributed by atoms with van der Waals surface area (Å²) in [5.74, 6) is 0.628. The van der Waals surface area contributed by atoms with Crippen LogP contribution in [0.25, 0.3) is 11.1 Å². The van der Waals surface area contributed by atoms with E-state index in [1.807, 2.05) is 55.6 Å². The molecule has 39 heavy (non-hydrogen) atoms. The number of nitrogens with zero attached hydrogens (tertiary/aromatic N) is 4. The van der Waals surface area contributed by atoms with E-state index in [9.17, 15) is 9.90 Å². The van der Waals surface area contributed by atoms with E-state index in [1.54, 1.807) is 16.4 Å². The summed E-state index contributed by atoms with van der Waals surface area (Å²) < 4.78 is 14.5. The summed E-state index contributed by atoms with van der Waals surface area (Å²) in [6.45, 7) is 2.02. The Balaban J connectivity index is 1.34. The minimum atomic E-state index is -0.537. The van der Waals surface area contributed by atoms with Crippen LogP contribution in [-0.2, 0) is 34.5 Å². The van der Waals surface area contributed by atoms with Crippen LogP contribution in [0.15, 0.2) is 78.0 Å². The number of amides is 1. The fourth-order valence-electron chi connectivity index (χ4n) is 4.45. The first-order chi connectivity index (χ1) is 19.0. The quantitative estimate of drug-likeness (QED) is 0.299. The zero-order valence-corrected chi connectivity index (χ0v) is 22.7. The molecule has 0 saturated carbocycles. The normalized spacial score (nSPS) is 19.1. The number of carbonyl (C=O) groups excluding carboxylic acids is 1. The number of aromatic nitrogens is 4. The Morgan fingerprint density at radius 1 is 1.03 bits per heavy atom. The molecule has 5 rings (SSSR count). The van der Waals surface area contributed by atoms with Crippen LogP contribution in [0.4, 0.5) is 0 Å². The zero-order valence-electron chi connectivity index (χ0n) is 21.9. The Morgan fingerprint density at radius 2 is 1.79 bits per heavy atom. The van der Waals surface area contributed by atoms with E-state index < -0.39 is 6.29 Å². The largest absolute Gasteiger partial charge is 0.392 e. The van der Waals surface area contributed by atoms with Gasteiger partial charge < -0.3 is 19.9 Å². The van der Waals surface area contributed by atoms with Crippen molar-refractivity contribution in [3.8, 4) is 11.1 Å². The van der Waals surface area contributed by atoms with E-state index in [0.29, 0.717) is 18.7 Å². The van der Waals surface area contributed by atoms with Crippen LogP contribution in [0.1, 0.15) is 48.0 Å². The van der Waals surface area contributed by atoms with E-state index in [4.69, 9.17) is 9.47 Å². The van der Waals surface area contributed by atoms with Gasteiger partial charge in [0.1, 0.15) is 0 Å². The lowest BCUT2D eigenvalue weighted by Gasteiger charge is -2.36. The summed E-state index contributed by atoms with van der Waals surface area (Å²) in [6, 6.07) is 24.2. The third-order valence-corrected chi connectivity index (χ3v) is 7.72. The van der Waals surface area contributed by atoms with Crippen LogP contribution >= 0.6 is 11.8 Å². The van der Waals surface area contributed by atoms with Gasteiger partial charge in [-0.05, 0) is 44.3 Å². The molecule has 3 aromatic carbocycles. The zero-order chi connectivity index (χ0) is 27.2. The smallest absolute Gasteiger partial charge is 0.217 e. The van der Waals surface area contributed by atoms with Crippen molar-refractivity contribution in [1.29, 1.82) is 0 Å². The molecule has 3 atom stereocenters. The van der Waals surface area contributed by atoms with Gasteiger partial charge in [0.05, 0.1) is 18.8 Å². The molecule has 9 nitrogen and oxygen atoms in total. The number of aryl methyl sites for hydroxylation is 1. The highest BCUT2D eigenvalue weighted by Crippen LogP contribution is 2.39. The maximum absolute atomic E-state index is 11.3. The van der Waals surface area contributed by atoms with Crippen LogP contribution in [0.5, 0.6) is 0 Å². The van der Waals surface area contributed by atoms with Crippen molar-refractivity contribution in [2.45, 2.75) is 50.2 Å². The molecular weight excluding hydrogens is 514 g/mol. The molecule has 4 aromatic rings. The van der Waals surface area contributed by atoms with Crippen LogP contribution in [0, 0.1) is 0 Å². The summed E-state index contributed by atoms with van der Waals surface area (Å²) in [4.78, 5) is 11.3. The fourth-order valence-corrected chi connectivity index (χ4v) is 5.32. The maximum atomic E-state index is 11.3. The van der Waals surface area contributed by atoms with Crippen LogP contribution in [-0.4, -0.2) is 43.1 Å². The van der Waals surface area contributed by atoms with Crippen LogP contribution in [0.3, 0.4) is 0 Å². The number of thioether (sulfide) groups is 1. The van der Waals surface area contributed by atoms with Gasteiger partial charge in [-0.2, -0.15) is 0 Å². The lowest BCUT2D eigenvalue weighted by molar-refractivity contribution is -0.245. The second-order valence-electron chi connectivity index (χ2n) is 9.48. The lowest BCUT2D eigenvalue weighted by atomic mass is 9.99. The number of tetrazole rings is 1. The summed E-state index contributed by atoms with van der Waals surface area (Å²) in [7, 11) is 1.82. The number of benzene rings is 3. The van der Waals surface area contributed by atoms with Gasteiger partial charge in [0.2, 0.25) is 11.1 Å². The van der Waals surface area contributed by atoms with Crippen molar-refractivity contribution in [3.05, 3.63) is 95.1 Å². The minimum absolute atomic E-state index is 0.00500. The van der Waals surface area contributed by atoms with E-state index in [1.165, 1.54) is 6.92 Å². The number of hydrogen-bond donors (Lipinski definition) is 2. The highest BCUT2D eigenvalue weighted by atomic mass is 32.2. The standard InChI is InChI=1S/C29H31N5O4S/c1-19(36)30-16-21-4-3-5-25(14-21)22-10-12-24(13-11-22)28-37-26(18-39-29-31-32-33-34(29)2)15-27(38-28)23-8-6-20(17-35)7-9-23/h3-14,26-28,35H,15-18H2,1-2H3,(H,30,36). The van der Waals surface area contributed by atoms with Crippen molar-refractivity contribution in [1.82, 2.24) is 25.5 Å². The van der Waals surface area contributed by atoms with Gasteiger partial charge in [-0.25, -0.2) is 4.68 Å². The summed E-state index contributed by atoms with van der Waals surface area (Å²) in [6.07, 6.45) is -0.0977. The number of aliphatic hydroxyl groups is 1. The van der Waals surface area contributed by atoms with Crippen molar-refractivity contribution >= 4 is 17.7 Å². The Hall–Kier alpha value is -3.57. The molecule has 0 radical (unpaired) electrons. The van der Waals surface area contributed by atoms with Gasteiger partial charge in [0.15, 0.2) is 6.29 Å². The molecule has 1 saturated heterocycles. The molecule has 1 aliphatic heterocycles. The molecule has 1 amide bonds. The number of rotatable bonds is 9. The highest BCUT2D eigenvalue weighted by Gasteiger charge is 2.32. The molecule has 0 spiro atoms.